The number of allylic oxidation sites excluding steroid dienone is 1. The third-order valence-corrected chi connectivity index (χ3v) is 2.95. The molecule has 0 saturated heterocycles. The molecule has 1 aliphatic carbocycles. The van der Waals surface area contributed by atoms with Crippen molar-refractivity contribution in [3.05, 3.63) is 11.6 Å². The van der Waals surface area contributed by atoms with Gasteiger partial charge in [-0.05, 0) is 32.6 Å². The molecule has 0 heterocycles. The molecule has 0 aromatic carbocycles. The lowest BCUT2D eigenvalue weighted by Gasteiger charge is -2.26. The van der Waals surface area contributed by atoms with Crippen LogP contribution in [-0.2, 0) is 9.68 Å². The smallest absolute Gasteiger partial charge is 0.161 e. The Bertz CT molecular complexity index is 239. The molecule has 1 aliphatic rings. The molecule has 0 spiro atoms. The van der Waals surface area contributed by atoms with E-state index in [0.29, 0.717) is 18.4 Å². The van der Waals surface area contributed by atoms with Crippen LogP contribution in [0.3, 0.4) is 0 Å². The van der Waals surface area contributed by atoms with Gasteiger partial charge in [-0.15, -0.1) is 0 Å². The van der Waals surface area contributed by atoms with Crippen molar-refractivity contribution in [2.24, 2.45) is 0 Å². The first-order chi connectivity index (χ1) is 6.64. The summed E-state index contributed by atoms with van der Waals surface area (Å²) in [5, 5.41) is 8.85. The van der Waals surface area contributed by atoms with Crippen molar-refractivity contribution in [3.8, 4) is 0 Å². The van der Waals surface area contributed by atoms with Gasteiger partial charge in [0, 0.05) is 12.0 Å². The summed E-state index contributed by atoms with van der Waals surface area (Å²) in [6, 6.07) is 0. The number of Topliss-reactive ketones (excluding diaryl/α,β-unsaturated/α-hetero) is 1. The Balaban J connectivity index is 2.91. The van der Waals surface area contributed by atoms with Gasteiger partial charge in [0.15, 0.2) is 5.78 Å². The van der Waals surface area contributed by atoms with E-state index < -0.39 is 5.60 Å². The highest BCUT2D eigenvalue weighted by Crippen LogP contribution is 2.29. The highest BCUT2D eigenvalue weighted by molar-refractivity contribution is 5.97. The molecule has 80 valence electrons. The molecule has 0 fully saturated rings. The molecule has 1 rings (SSSR count). The van der Waals surface area contributed by atoms with E-state index in [1.807, 2.05) is 13.0 Å². The van der Waals surface area contributed by atoms with Gasteiger partial charge < -0.3 is 0 Å². The molecule has 0 aromatic heterocycles. The first kappa shape index (κ1) is 11.4. The minimum absolute atomic E-state index is 0.112. The fraction of sp³-hybridized carbons (Fsp3) is 0.727. The summed E-state index contributed by atoms with van der Waals surface area (Å²) < 4.78 is 0. The molecule has 0 radical (unpaired) electrons. The Kier molecular flexibility index (Phi) is 3.84. The van der Waals surface area contributed by atoms with Crippen LogP contribution in [0.1, 0.15) is 46.0 Å². The summed E-state index contributed by atoms with van der Waals surface area (Å²) >= 11 is 0. The third-order valence-electron chi connectivity index (χ3n) is 2.95. The van der Waals surface area contributed by atoms with E-state index in [2.05, 4.69) is 4.89 Å². The van der Waals surface area contributed by atoms with Crippen LogP contribution < -0.4 is 0 Å². The largest absolute Gasteiger partial charge is 0.294 e. The molecule has 1 atom stereocenters. The standard InChI is InChI=1S/C11H18O3/c1-3-11(2,14-13)9-7-5-4-6-8-10(9)12/h7,13H,3-6,8H2,1-2H3. The zero-order valence-corrected chi connectivity index (χ0v) is 8.88. The van der Waals surface area contributed by atoms with Gasteiger partial charge in [-0.2, -0.15) is 0 Å². The highest BCUT2D eigenvalue weighted by Gasteiger charge is 2.33. The van der Waals surface area contributed by atoms with Crippen LogP contribution in [0.4, 0.5) is 0 Å². The van der Waals surface area contributed by atoms with Gasteiger partial charge in [0.25, 0.3) is 0 Å². The molecule has 0 aromatic rings. The van der Waals surface area contributed by atoms with E-state index in [4.69, 9.17) is 5.26 Å². The maximum absolute atomic E-state index is 11.7. The lowest BCUT2D eigenvalue weighted by atomic mass is 9.89. The van der Waals surface area contributed by atoms with Crippen molar-refractivity contribution in [1.29, 1.82) is 0 Å². The van der Waals surface area contributed by atoms with Crippen LogP contribution in [0, 0.1) is 0 Å². The van der Waals surface area contributed by atoms with E-state index >= 15 is 0 Å². The van der Waals surface area contributed by atoms with Crippen molar-refractivity contribution < 1.29 is 14.9 Å². The van der Waals surface area contributed by atoms with Crippen LogP contribution in [0.5, 0.6) is 0 Å². The third kappa shape index (κ3) is 2.22. The number of carbonyl (C=O) groups is 1. The number of hydrogen-bond acceptors (Lipinski definition) is 3. The second-order valence-electron chi connectivity index (χ2n) is 3.96. The van der Waals surface area contributed by atoms with E-state index in [0.717, 1.165) is 19.3 Å². The van der Waals surface area contributed by atoms with Crippen LogP contribution in [-0.4, -0.2) is 16.6 Å². The maximum Gasteiger partial charge on any atom is 0.161 e. The number of hydrogen-bond donors (Lipinski definition) is 1. The summed E-state index contributed by atoms with van der Waals surface area (Å²) in [7, 11) is 0. The van der Waals surface area contributed by atoms with Crippen molar-refractivity contribution in [3.63, 3.8) is 0 Å². The van der Waals surface area contributed by atoms with Gasteiger partial charge >= 0.3 is 0 Å². The Morgan fingerprint density at radius 1 is 1.57 bits per heavy atom. The minimum Gasteiger partial charge on any atom is -0.294 e. The van der Waals surface area contributed by atoms with Gasteiger partial charge in [-0.1, -0.05) is 13.0 Å². The second-order valence-corrected chi connectivity index (χ2v) is 3.96. The number of ketones is 1. The highest BCUT2D eigenvalue weighted by atomic mass is 17.1. The summed E-state index contributed by atoms with van der Waals surface area (Å²) in [4.78, 5) is 16.2. The SMILES string of the molecule is CCC(C)(OO)C1=CCCCCC1=O. The van der Waals surface area contributed by atoms with Crippen molar-refractivity contribution in [1.82, 2.24) is 0 Å². The first-order valence-electron chi connectivity index (χ1n) is 5.20. The van der Waals surface area contributed by atoms with Gasteiger partial charge in [0.2, 0.25) is 0 Å². The van der Waals surface area contributed by atoms with E-state index in [1.54, 1.807) is 6.92 Å². The lowest BCUT2D eigenvalue weighted by molar-refractivity contribution is -0.305. The van der Waals surface area contributed by atoms with E-state index in [-0.39, 0.29) is 5.78 Å². The predicted octanol–water partition coefficient (Wildman–Crippen LogP) is 2.71. The van der Waals surface area contributed by atoms with Gasteiger partial charge in [0.1, 0.15) is 5.60 Å². The molecule has 3 nitrogen and oxygen atoms in total. The molecule has 0 bridgehead atoms. The van der Waals surface area contributed by atoms with Crippen molar-refractivity contribution >= 4 is 5.78 Å². The van der Waals surface area contributed by atoms with E-state index in [1.165, 1.54) is 0 Å². The van der Waals surface area contributed by atoms with Gasteiger partial charge in [-0.3, -0.25) is 10.1 Å². The van der Waals surface area contributed by atoms with Gasteiger partial charge in [0.05, 0.1) is 0 Å². The molecule has 1 unspecified atom stereocenters. The Hall–Kier alpha value is -0.670. The van der Waals surface area contributed by atoms with Gasteiger partial charge in [-0.25, -0.2) is 4.89 Å². The Morgan fingerprint density at radius 2 is 2.29 bits per heavy atom. The van der Waals surface area contributed by atoms with Crippen LogP contribution >= 0.6 is 0 Å². The fourth-order valence-electron chi connectivity index (χ4n) is 1.74. The summed E-state index contributed by atoms with van der Waals surface area (Å²) in [5.74, 6) is 0.112. The lowest BCUT2D eigenvalue weighted by Crippen LogP contribution is -2.33. The molecular weight excluding hydrogens is 180 g/mol. The average Bonchev–Trinajstić information content (AvgIpc) is 2.42. The Morgan fingerprint density at radius 3 is 2.86 bits per heavy atom. The topological polar surface area (TPSA) is 46.5 Å². The monoisotopic (exact) mass is 198 g/mol. The first-order valence-corrected chi connectivity index (χ1v) is 5.20. The normalized spacial score (nSPS) is 22.5. The van der Waals surface area contributed by atoms with Crippen molar-refractivity contribution in [2.75, 3.05) is 0 Å². The molecule has 0 saturated carbocycles. The zero-order chi connectivity index (χ0) is 10.6. The molecule has 3 heteroatoms. The predicted molar refractivity (Wildman–Crippen MR) is 54.0 cm³/mol. The van der Waals surface area contributed by atoms with Crippen LogP contribution in [0.2, 0.25) is 0 Å². The molecule has 0 amide bonds. The van der Waals surface area contributed by atoms with Crippen molar-refractivity contribution in [2.45, 2.75) is 51.6 Å². The van der Waals surface area contributed by atoms with E-state index in [9.17, 15) is 4.79 Å². The fourth-order valence-corrected chi connectivity index (χ4v) is 1.74. The maximum atomic E-state index is 11.7. The Labute approximate surface area is 84.7 Å². The summed E-state index contributed by atoms with van der Waals surface area (Å²) in [6.45, 7) is 3.65. The second kappa shape index (κ2) is 4.71. The molecule has 14 heavy (non-hydrogen) atoms. The number of carbonyl (C=O) groups excluding carboxylic acids is 1. The number of rotatable bonds is 3. The molecule has 1 N–H and O–H groups in total. The van der Waals surface area contributed by atoms with Crippen LogP contribution in [0.15, 0.2) is 11.6 Å². The molecular formula is C11H18O3. The molecule has 0 aliphatic heterocycles. The minimum atomic E-state index is -0.818. The zero-order valence-electron chi connectivity index (χ0n) is 8.88. The van der Waals surface area contributed by atoms with Crippen LogP contribution in [0.25, 0.3) is 0 Å². The quantitative estimate of drug-likeness (QED) is 0.560. The average molecular weight is 198 g/mol. The summed E-state index contributed by atoms with van der Waals surface area (Å²) in [5.41, 5.74) is -0.179. The summed E-state index contributed by atoms with van der Waals surface area (Å²) in [6.07, 6.45) is 5.96.